The average molecular weight is 342 g/mol. The number of amides is 1. The molecule has 1 amide bonds. The van der Waals surface area contributed by atoms with E-state index in [-0.39, 0.29) is 11.9 Å². The quantitative estimate of drug-likeness (QED) is 0.831. The standard InChI is InChI=1S/C19H22N2O4/c1-23-13-7-8-14(18(10-13)24-2)16-4-3-9-21(16)19(22)15-11-17(25-20-15)12-5-6-12/h7-8,10-12,16H,3-6,9H2,1-2H3/t16-/m1/s1. The molecule has 6 heteroatoms. The van der Waals surface area contributed by atoms with Gasteiger partial charge in [-0.1, -0.05) is 5.16 Å². The largest absolute Gasteiger partial charge is 0.497 e. The fraction of sp³-hybridized carbons (Fsp3) is 0.474. The molecule has 2 aromatic rings. The lowest BCUT2D eigenvalue weighted by molar-refractivity contribution is 0.0723. The van der Waals surface area contributed by atoms with Gasteiger partial charge in [0.15, 0.2) is 5.69 Å². The topological polar surface area (TPSA) is 64.8 Å². The van der Waals surface area contributed by atoms with Crippen LogP contribution in [-0.2, 0) is 0 Å². The first-order chi connectivity index (χ1) is 12.2. The molecule has 1 aliphatic carbocycles. The lowest BCUT2D eigenvalue weighted by Gasteiger charge is -2.25. The summed E-state index contributed by atoms with van der Waals surface area (Å²) in [7, 11) is 3.26. The molecule has 0 N–H and O–H groups in total. The zero-order valence-corrected chi connectivity index (χ0v) is 14.5. The van der Waals surface area contributed by atoms with Gasteiger partial charge < -0.3 is 18.9 Å². The van der Waals surface area contributed by atoms with Gasteiger partial charge in [-0.3, -0.25) is 4.79 Å². The van der Waals surface area contributed by atoms with Gasteiger partial charge in [0.25, 0.3) is 5.91 Å². The second kappa shape index (κ2) is 6.43. The molecule has 1 atom stereocenters. The SMILES string of the molecule is COc1ccc([C@H]2CCCN2C(=O)c2cc(C3CC3)on2)c(OC)c1. The van der Waals surface area contributed by atoms with E-state index >= 15 is 0 Å². The van der Waals surface area contributed by atoms with Crippen molar-refractivity contribution in [2.75, 3.05) is 20.8 Å². The van der Waals surface area contributed by atoms with Gasteiger partial charge in [-0.25, -0.2) is 0 Å². The van der Waals surface area contributed by atoms with Crippen LogP contribution < -0.4 is 9.47 Å². The van der Waals surface area contributed by atoms with E-state index < -0.39 is 0 Å². The van der Waals surface area contributed by atoms with Crippen LogP contribution in [0.5, 0.6) is 11.5 Å². The number of likely N-dealkylation sites (tertiary alicyclic amines) is 1. The van der Waals surface area contributed by atoms with Gasteiger partial charge in [0, 0.05) is 30.2 Å². The van der Waals surface area contributed by atoms with Crippen LogP contribution in [0.4, 0.5) is 0 Å². The van der Waals surface area contributed by atoms with E-state index in [4.69, 9.17) is 14.0 Å². The van der Waals surface area contributed by atoms with Crippen LogP contribution in [0, 0.1) is 0 Å². The van der Waals surface area contributed by atoms with Crippen LogP contribution in [-0.4, -0.2) is 36.7 Å². The molecule has 2 heterocycles. The Kier molecular flexibility index (Phi) is 4.11. The Bertz CT molecular complexity index is 781. The smallest absolute Gasteiger partial charge is 0.276 e. The van der Waals surface area contributed by atoms with Crippen LogP contribution in [0.2, 0.25) is 0 Å². The van der Waals surface area contributed by atoms with E-state index in [1.165, 1.54) is 0 Å². The van der Waals surface area contributed by atoms with Crippen LogP contribution in [0.25, 0.3) is 0 Å². The summed E-state index contributed by atoms with van der Waals surface area (Å²) in [6, 6.07) is 7.53. The molecular weight excluding hydrogens is 320 g/mol. The molecule has 2 fully saturated rings. The highest BCUT2D eigenvalue weighted by molar-refractivity contribution is 5.92. The summed E-state index contributed by atoms with van der Waals surface area (Å²) in [6.45, 7) is 0.713. The van der Waals surface area contributed by atoms with Gasteiger partial charge in [-0.2, -0.15) is 0 Å². The zero-order valence-electron chi connectivity index (χ0n) is 14.5. The van der Waals surface area contributed by atoms with Gasteiger partial charge in [0.05, 0.1) is 20.3 Å². The van der Waals surface area contributed by atoms with Gasteiger partial charge in [0.2, 0.25) is 0 Å². The minimum absolute atomic E-state index is 0.0190. The number of carbonyl (C=O) groups is 1. The first-order valence-electron chi connectivity index (χ1n) is 8.70. The molecule has 132 valence electrons. The van der Waals surface area contributed by atoms with Crippen molar-refractivity contribution in [2.45, 2.75) is 37.6 Å². The molecule has 1 saturated heterocycles. The van der Waals surface area contributed by atoms with Crippen LogP contribution in [0.1, 0.15) is 59.5 Å². The summed E-state index contributed by atoms with van der Waals surface area (Å²) < 4.78 is 16.1. The highest BCUT2D eigenvalue weighted by atomic mass is 16.5. The van der Waals surface area contributed by atoms with Crippen molar-refractivity contribution >= 4 is 5.91 Å². The Morgan fingerprint density at radius 3 is 2.76 bits per heavy atom. The first-order valence-corrected chi connectivity index (χ1v) is 8.70. The van der Waals surface area contributed by atoms with Crippen molar-refractivity contribution < 1.29 is 18.8 Å². The number of methoxy groups -OCH3 is 2. The highest BCUT2D eigenvalue weighted by Crippen LogP contribution is 2.42. The molecule has 0 spiro atoms. The maximum Gasteiger partial charge on any atom is 0.276 e. The minimum Gasteiger partial charge on any atom is -0.497 e. The molecule has 2 aliphatic rings. The van der Waals surface area contributed by atoms with Gasteiger partial charge >= 0.3 is 0 Å². The van der Waals surface area contributed by atoms with Crippen LogP contribution in [0.3, 0.4) is 0 Å². The Balaban J connectivity index is 1.60. The molecule has 4 rings (SSSR count). The molecule has 6 nitrogen and oxygen atoms in total. The second-order valence-corrected chi connectivity index (χ2v) is 6.65. The number of benzene rings is 1. The van der Waals surface area contributed by atoms with E-state index in [9.17, 15) is 4.79 Å². The monoisotopic (exact) mass is 342 g/mol. The number of ether oxygens (including phenoxy) is 2. The number of rotatable bonds is 5. The van der Waals surface area contributed by atoms with Crippen molar-refractivity contribution in [1.82, 2.24) is 10.1 Å². The fourth-order valence-corrected chi connectivity index (χ4v) is 3.52. The van der Waals surface area contributed by atoms with Crippen molar-refractivity contribution in [3.8, 4) is 11.5 Å². The predicted molar refractivity (Wildman–Crippen MR) is 91.0 cm³/mol. The van der Waals surface area contributed by atoms with Crippen LogP contribution >= 0.6 is 0 Å². The second-order valence-electron chi connectivity index (χ2n) is 6.65. The maximum absolute atomic E-state index is 12.9. The van der Waals surface area contributed by atoms with Crippen molar-refractivity contribution in [3.05, 3.63) is 41.3 Å². The Labute approximate surface area is 146 Å². The third-order valence-corrected chi connectivity index (χ3v) is 5.04. The normalized spacial score (nSPS) is 19.9. The molecule has 0 radical (unpaired) electrons. The molecule has 1 saturated carbocycles. The molecule has 1 aromatic heterocycles. The number of carbonyl (C=O) groups excluding carboxylic acids is 1. The Hall–Kier alpha value is -2.50. The lowest BCUT2D eigenvalue weighted by atomic mass is 10.0. The molecule has 1 aromatic carbocycles. The molecule has 0 unspecified atom stereocenters. The third-order valence-electron chi connectivity index (χ3n) is 5.04. The van der Waals surface area contributed by atoms with Crippen molar-refractivity contribution in [2.24, 2.45) is 0 Å². The number of hydrogen-bond acceptors (Lipinski definition) is 5. The summed E-state index contributed by atoms with van der Waals surface area (Å²) in [5.74, 6) is 2.69. The number of hydrogen-bond donors (Lipinski definition) is 0. The molecule has 25 heavy (non-hydrogen) atoms. The number of nitrogens with zero attached hydrogens (tertiary/aromatic N) is 2. The molecular formula is C19H22N2O4. The Morgan fingerprint density at radius 2 is 2.04 bits per heavy atom. The summed E-state index contributed by atoms with van der Waals surface area (Å²) in [5, 5.41) is 4.00. The molecule has 1 aliphatic heterocycles. The average Bonchev–Trinajstić information content (AvgIpc) is 3.19. The Morgan fingerprint density at radius 1 is 1.20 bits per heavy atom. The zero-order chi connectivity index (χ0) is 17.4. The predicted octanol–water partition coefficient (Wildman–Crippen LogP) is 3.55. The summed E-state index contributed by atoms with van der Waals surface area (Å²) in [6.07, 6.45) is 4.11. The fourth-order valence-electron chi connectivity index (χ4n) is 3.52. The van der Waals surface area contributed by atoms with E-state index in [1.54, 1.807) is 20.3 Å². The van der Waals surface area contributed by atoms with Crippen LogP contribution in [0.15, 0.2) is 28.8 Å². The van der Waals surface area contributed by atoms with Crippen molar-refractivity contribution in [3.63, 3.8) is 0 Å². The first kappa shape index (κ1) is 16.0. The summed E-state index contributed by atoms with van der Waals surface area (Å²) in [4.78, 5) is 14.8. The highest BCUT2D eigenvalue weighted by Gasteiger charge is 2.35. The molecule has 0 bridgehead atoms. The summed E-state index contributed by atoms with van der Waals surface area (Å²) >= 11 is 0. The van der Waals surface area contributed by atoms with E-state index in [2.05, 4.69) is 5.16 Å². The van der Waals surface area contributed by atoms with E-state index in [1.807, 2.05) is 23.1 Å². The van der Waals surface area contributed by atoms with E-state index in [0.717, 1.165) is 48.5 Å². The van der Waals surface area contributed by atoms with Gasteiger partial charge in [-0.15, -0.1) is 0 Å². The van der Waals surface area contributed by atoms with Crippen molar-refractivity contribution in [1.29, 1.82) is 0 Å². The third kappa shape index (κ3) is 2.97. The lowest BCUT2D eigenvalue weighted by Crippen LogP contribution is -2.31. The number of aromatic nitrogens is 1. The van der Waals surface area contributed by atoms with E-state index in [0.29, 0.717) is 18.2 Å². The minimum atomic E-state index is -0.0731. The summed E-state index contributed by atoms with van der Waals surface area (Å²) in [5.41, 5.74) is 1.40. The maximum atomic E-state index is 12.9. The van der Waals surface area contributed by atoms with Gasteiger partial charge in [0.1, 0.15) is 17.3 Å². The van der Waals surface area contributed by atoms with Gasteiger partial charge in [-0.05, 0) is 37.8 Å².